The summed E-state index contributed by atoms with van der Waals surface area (Å²) in [4.78, 5) is 0.169. The molecule has 0 amide bonds. The third kappa shape index (κ3) is 2.96. The fourth-order valence-corrected chi connectivity index (χ4v) is 3.82. The SMILES string of the molecule is COc1ccc(OC)c(-n2nnc(S(=O)(=O)c3ccccc3)c2C)c1. The second-order valence-electron chi connectivity index (χ2n) is 5.25. The first-order chi connectivity index (χ1) is 12.0. The molecule has 0 aliphatic heterocycles. The van der Waals surface area contributed by atoms with Crippen LogP contribution in [-0.2, 0) is 9.84 Å². The fourth-order valence-electron chi connectivity index (χ4n) is 2.47. The van der Waals surface area contributed by atoms with Gasteiger partial charge >= 0.3 is 0 Å². The summed E-state index contributed by atoms with van der Waals surface area (Å²) < 4.78 is 37.6. The molecule has 3 aromatic rings. The topological polar surface area (TPSA) is 83.3 Å². The van der Waals surface area contributed by atoms with Crippen LogP contribution in [0.4, 0.5) is 0 Å². The van der Waals surface area contributed by atoms with Gasteiger partial charge in [0.05, 0.1) is 24.8 Å². The zero-order valence-corrected chi connectivity index (χ0v) is 14.8. The summed E-state index contributed by atoms with van der Waals surface area (Å²) in [5.74, 6) is 1.12. The molecule has 0 unspecified atom stereocenters. The van der Waals surface area contributed by atoms with Crippen LogP contribution in [0.5, 0.6) is 11.5 Å². The molecule has 0 saturated heterocycles. The second kappa shape index (κ2) is 6.56. The molecule has 0 atom stereocenters. The number of hydrogen-bond acceptors (Lipinski definition) is 6. The number of sulfone groups is 1. The van der Waals surface area contributed by atoms with Crippen molar-refractivity contribution in [1.29, 1.82) is 0 Å². The predicted molar refractivity (Wildman–Crippen MR) is 91.1 cm³/mol. The van der Waals surface area contributed by atoms with Gasteiger partial charge in [0, 0.05) is 6.07 Å². The fraction of sp³-hybridized carbons (Fsp3) is 0.176. The number of hydrogen-bond donors (Lipinski definition) is 0. The molecule has 1 aromatic heterocycles. The number of nitrogens with zero attached hydrogens (tertiary/aromatic N) is 3. The van der Waals surface area contributed by atoms with E-state index in [1.54, 1.807) is 50.4 Å². The van der Waals surface area contributed by atoms with Crippen molar-refractivity contribution in [3.63, 3.8) is 0 Å². The van der Waals surface area contributed by atoms with Crippen molar-refractivity contribution in [3.8, 4) is 17.2 Å². The molecule has 0 aliphatic carbocycles. The largest absolute Gasteiger partial charge is 0.497 e. The number of benzene rings is 2. The summed E-state index contributed by atoms with van der Waals surface area (Å²) in [7, 11) is -0.685. The van der Waals surface area contributed by atoms with Crippen LogP contribution in [0.15, 0.2) is 58.5 Å². The van der Waals surface area contributed by atoms with E-state index in [1.165, 1.54) is 23.9 Å². The highest BCUT2D eigenvalue weighted by Crippen LogP contribution is 2.30. The van der Waals surface area contributed by atoms with Crippen LogP contribution >= 0.6 is 0 Å². The Balaban J connectivity index is 2.15. The third-order valence-electron chi connectivity index (χ3n) is 3.77. The van der Waals surface area contributed by atoms with Gasteiger partial charge in [-0.15, -0.1) is 5.10 Å². The predicted octanol–water partition coefficient (Wildman–Crippen LogP) is 2.43. The van der Waals surface area contributed by atoms with E-state index in [0.29, 0.717) is 22.9 Å². The highest BCUT2D eigenvalue weighted by atomic mass is 32.2. The quantitative estimate of drug-likeness (QED) is 0.696. The Morgan fingerprint density at radius 3 is 2.36 bits per heavy atom. The lowest BCUT2D eigenvalue weighted by atomic mass is 10.2. The van der Waals surface area contributed by atoms with Crippen LogP contribution in [0.3, 0.4) is 0 Å². The van der Waals surface area contributed by atoms with Crippen molar-refractivity contribution < 1.29 is 17.9 Å². The Labute approximate surface area is 145 Å². The van der Waals surface area contributed by atoms with Crippen LogP contribution in [0.25, 0.3) is 5.69 Å². The highest BCUT2D eigenvalue weighted by Gasteiger charge is 2.26. The van der Waals surface area contributed by atoms with E-state index in [2.05, 4.69) is 10.3 Å². The molecule has 0 radical (unpaired) electrons. The van der Waals surface area contributed by atoms with E-state index in [9.17, 15) is 8.42 Å². The van der Waals surface area contributed by atoms with Crippen molar-refractivity contribution in [1.82, 2.24) is 15.0 Å². The van der Waals surface area contributed by atoms with Gasteiger partial charge in [0.25, 0.3) is 0 Å². The molecule has 1 heterocycles. The van der Waals surface area contributed by atoms with E-state index in [0.717, 1.165) is 0 Å². The average molecular weight is 359 g/mol. The van der Waals surface area contributed by atoms with E-state index < -0.39 is 9.84 Å². The van der Waals surface area contributed by atoms with Crippen LogP contribution in [-0.4, -0.2) is 37.6 Å². The maximum Gasteiger partial charge on any atom is 0.227 e. The van der Waals surface area contributed by atoms with Gasteiger partial charge in [-0.3, -0.25) is 0 Å². The first-order valence-corrected chi connectivity index (χ1v) is 8.92. The minimum Gasteiger partial charge on any atom is -0.497 e. The van der Waals surface area contributed by atoms with Gasteiger partial charge < -0.3 is 9.47 Å². The third-order valence-corrected chi connectivity index (χ3v) is 5.55. The van der Waals surface area contributed by atoms with Crippen LogP contribution < -0.4 is 9.47 Å². The van der Waals surface area contributed by atoms with E-state index in [4.69, 9.17) is 9.47 Å². The van der Waals surface area contributed by atoms with Crippen LogP contribution in [0, 0.1) is 6.92 Å². The molecule has 0 N–H and O–H groups in total. The lowest BCUT2D eigenvalue weighted by Crippen LogP contribution is -2.06. The lowest BCUT2D eigenvalue weighted by molar-refractivity contribution is 0.400. The first-order valence-electron chi connectivity index (χ1n) is 7.44. The number of aromatic nitrogens is 3. The van der Waals surface area contributed by atoms with Crippen molar-refractivity contribution in [2.75, 3.05) is 14.2 Å². The van der Waals surface area contributed by atoms with E-state index in [1.807, 2.05) is 0 Å². The maximum absolute atomic E-state index is 12.8. The smallest absolute Gasteiger partial charge is 0.227 e. The monoisotopic (exact) mass is 359 g/mol. The maximum atomic E-state index is 12.8. The molecule has 130 valence electrons. The van der Waals surface area contributed by atoms with Crippen molar-refractivity contribution in [3.05, 3.63) is 54.2 Å². The van der Waals surface area contributed by atoms with Gasteiger partial charge in [0.2, 0.25) is 14.9 Å². The summed E-state index contributed by atoms with van der Waals surface area (Å²) >= 11 is 0. The molecule has 0 aliphatic rings. The number of methoxy groups -OCH3 is 2. The molecule has 3 rings (SSSR count). The van der Waals surface area contributed by atoms with Gasteiger partial charge in [-0.1, -0.05) is 23.4 Å². The summed E-state index contributed by atoms with van der Waals surface area (Å²) in [5, 5.41) is 7.82. The van der Waals surface area contributed by atoms with Gasteiger partial charge in [-0.05, 0) is 31.2 Å². The minimum atomic E-state index is -3.76. The van der Waals surface area contributed by atoms with Crippen molar-refractivity contribution in [2.24, 2.45) is 0 Å². The normalized spacial score (nSPS) is 11.3. The Kier molecular flexibility index (Phi) is 4.45. The van der Waals surface area contributed by atoms with Gasteiger partial charge in [-0.2, -0.15) is 0 Å². The lowest BCUT2D eigenvalue weighted by Gasteiger charge is -2.11. The molecule has 7 nitrogen and oxygen atoms in total. The number of ether oxygens (including phenoxy) is 2. The summed E-state index contributed by atoms with van der Waals surface area (Å²) in [6, 6.07) is 13.3. The standard InChI is InChI=1S/C17H17N3O4S/c1-12-17(25(21,22)14-7-5-4-6-8-14)18-19-20(12)15-11-13(23-2)9-10-16(15)24-3/h4-11H,1-3H3. The summed E-state index contributed by atoms with van der Waals surface area (Å²) in [5.41, 5.74) is 0.928. The molecular weight excluding hydrogens is 342 g/mol. The average Bonchev–Trinajstić information content (AvgIpc) is 3.04. The summed E-state index contributed by atoms with van der Waals surface area (Å²) in [6.07, 6.45) is 0. The Hall–Kier alpha value is -2.87. The van der Waals surface area contributed by atoms with Crippen molar-refractivity contribution >= 4 is 9.84 Å². The molecule has 25 heavy (non-hydrogen) atoms. The molecular formula is C17H17N3O4S. The molecule has 2 aromatic carbocycles. The Morgan fingerprint density at radius 2 is 1.72 bits per heavy atom. The van der Waals surface area contributed by atoms with Crippen molar-refractivity contribution in [2.45, 2.75) is 16.8 Å². The minimum absolute atomic E-state index is 0.0939. The Morgan fingerprint density at radius 1 is 1.00 bits per heavy atom. The van der Waals surface area contributed by atoms with E-state index >= 15 is 0 Å². The van der Waals surface area contributed by atoms with Gasteiger partial charge in [0.1, 0.15) is 17.2 Å². The number of rotatable bonds is 5. The molecule has 8 heteroatoms. The molecule has 0 saturated carbocycles. The second-order valence-corrected chi connectivity index (χ2v) is 7.11. The van der Waals surface area contributed by atoms with Gasteiger partial charge in [0.15, 0.2) is 0 Å². The molecule has 0 fully saturated rings. The van der Waals surface area contributed by atoms with Crippen LogP contribution in [0.1, 0.15) is 5.69 Å². The molecule has 0 bridgehead atoms. The molecule has 0 spiro atoms. The summed E-state index contributed by atoms with van der Waals surface area (Å²) in [6.45, 7) is 1.65. The van der Waals surface area contributed by atoms with E-state index in [-0.39, 0.29) is 9.92 Å². The zero-order chi connectivity index (χ0) is 18.0. The van der Waals surface area contributed by atoms with Crippen LogP contribution in [0.2, 0.25) is 0 Å². The Bertz CT molecular complexity index is 998. The highest BCUT2D eigenvalue weighted by molar-refractivity contribution is 7.91. The van der Waals surface area contributed by atoms with Gasteiger partial charge in [-0.25, -0.2) is 13.1 Å². The zero-order valence-electron chi connectivity index (χ0n) is 14.0. The first kappa shape index (κ1) is 17.0.